The summed E-state index contributed by atoms with van der Waals surface area (Å²) in [7, 11) is 0. The molecule has 1 aromatic carbocycles. The maximum atomic E-state index is 9.50. The first-order valence-corrected chi connectivity index (χ1v) is 6.01. The summed E-state index contributed by atoms with van der Waals surface area (Å²) in [5, 5.41) is 9.50. The molecule has 0 bridgehead atoms. The maximum Gasteiger partial charge on any atom is 0.145 e. The normalized spacial score (nSPS) is 12.2. The van der Waals surface area contributed by atoms with E-state index in [4.69, 9.17) is 4.74 Å². The number of aromatic nitrogens is 1. The Balaban J connectivity index is 2.21. The summed E-state index contributed by atoms with van der Waals surface area (Å²) in [6.45, 7) is 1.72. The summed E-state index contributed by atoms with van der Waals surface area (Å²) in [5.74, 6) is 1.39. The average molecular weight is 294 g/mol. The lowest BCUT2D eigenvalue weighted by Gasteiger charge is -2.10. The van der Waals surface area contributed by atoms with Gasteiger partial charge in [0.15, 0.2) is 0 Å². The Kier molecular flexibility index (Phi) is 3.76. The van der Waals surface area contributed by atoms with Crippen LogP contribution in [0.2, 0.25) is 0 Å². The fourth-order valence-electron chi connectivity index (χ4n) is 1.45. The maximum absolute atomic E-state index is 9.50. The van der Waals surface area contributed by atoms with Gasteiger partial charge in [-0.1, -0.05) is 22.0 Å². The first kappa shape index (κ1) is 12.1. The molecule has 0 aliphatic carbocycles. The van der Waals surface area contributed by atoms with Gasteiger partial charge in [0.1, 0.15) is 11.5 Å². The number of rotatable bonds is 3. The van der Waals surface area contributed by atoms with Crippen LogP contribution in [-0.2, 0) is 0 Å². The highest BCUT2D eigenvalue weighted by Crippen LogP contribution is 2.29. The first-order valence-electron chi connectivity index (χ1n) is 5.22. The second-order valence-corrected chi connectivity index (χ2v) is 4.50. The van der Waals surface area contributed by atoms with Gasteiger partial charge in [-0.3, -0.25) is 4.98 Å². The summed E-state index contributed by atoms with van der Waals surface area (Å²) in [5.41, 5.74) is 0.837. The molecule has 0 unspecified atom stereocenters. The smallest absolute Gasteiger partial charge is 0.145 e. The number of benzene rings is 1. The van der Waals surface area contributed by atoms with Gasteiger partial charge in [-0.05, 0) is 36.8 Å². The van der Waals surface area contributed by atoms with E-state index >= 15 is 0 Å². The molecule has 0 fully saturated rings. The second-order valence-electron chi connectivity index (χ2n) is 3.65. The van der Waals surface area contributed by atoms with Crippen molar-refractivity contribution in [2.24, 2.45) is 0 Å². The fourth-order valence-corrected chi connectivity index (χ4v) is 2.14. The van der Waals surface area contributed by atoms with Crippen LogP contribution in [0.5, 0.6) is 11.5 Å². The molecule has 0 saturated heterocycles. The molecule has 0 amide bonds. The summed E-state index contributed by atoms with van der Waals surface area (Å²) >= 11 is 3.41. The van der Waals surface area contributed by atoms with Crippen molar-refractivity contribution in [1.29, 1.82) is 0 Å². The number of ether oxygens (including phenoxy) is 1. The lowest BCUT2D eigenvalue weighted by Crippen LogP contribution is -1.93. The van der Waals surface area contributed by atoms with Crippen LogP contribution in [0.15, 0.2) is 47.2 Å². The van der Waals surface area contributed by atoms with Crippen molar-refractivity contribution in [3.05, 3.63) is 52.8 Å². The molecule has 1 N–H and O–H groups in total. The zero-order valence-electron chi connectivity index (χ0n) is 9.30. The second kappa shape index (κ2) is 5.29. The molecule has 1 atom stereocenters. The van der Waals surface area contributed by atoms with E-state index in [0.717, 1.165) is 10.0 Å². The van der Waals surface area contributed by atoms with E-state index < -0.39 is 6.10 Å². The summed E-state index contributed by atoms with van der Waals surface area (Å²) < 4.78 is 6.45. The zero-order valence-corrected chi connectivity index (χ0v) is 10.9. The van der Waals surface area contributed by atoms with E-state index in [1.54, 1.807) is 19.3 Å². The molecule has 0 saturated carbocycles. The van der Waals surface area contributed by atoms with Crippen molar-refractivity contribution in [3.8, 4) is 11.5 Å². The highest BCUT2D eigenvalue weighted by Gasteiger charge is 2.07. The molecule has 0 radical (unpaired) electrons. The van der Waals surface area contributed by atoms with E-state index in [1.165, 1.54) is 0 Å². The summed E-state index contributed by atoms with van der Waals surface area (Å²) in [6, 6.07) is 9.13. The Morgan fingerprint density at radius 1 is 1.29 bits per heavy atom. The van der Waals surface area contributed by atoms with E-state index in [1.807, 2.05) is 30.3 Å². The van der Waals surface area contributed by atoms with Crippen LogP contribution in [0.25, 0.3) is 0 Å². The number of pyridine rings is 1. The van der Waals surface area contributed by atoms with E-state index in [0.29, 0.717) is 11.5 Å². The minimum atomic E-state index is -0.503. The molecule has 4 heteroatoms. The van der Waals surface area contributed by atoms with Gasteiger partial charge in [0, 0.05) is 10.7 Å². The van der Waals surface area contributed by atoms with Gasteiger partial charge >= 0.3 is 0 Å². The number of hydrogen-bond donors (Lipinski definition) is 1. The van der Waals surface area contributed by atoms with E-state index in [2.05, 4.69) is 20.9 Å². The summed E-state index contributed by atoms with van der Waals surface area (Å²) in [6.07, 6.45) is 2.84. The third-order valence-electron chi connectivity index (χ3n) is 2.29. The molecule has 1 aromatic heterocycles. The van der Waals surface area contributed by atoms with E-state index in [-0.39, 0.29) is 0 Å². The highest BCUT2D eigenvalue weighted by molar-refractivity contribution is 9.10. The predicted molar refractivity (Wildman–Crippen MR) is 69.1 cm³/mol. The Labute approximate surface area is 108 Å². The first-order chi connectivity index (χ1) is 8.16. The largest absolute Gasteiger partial charge is 0.456 e. The van der Waals surface area contributed by atoms with Gasteiger partial charge in [-0.15, -0.1) is 0 Å². The van der Waals surface area contributed by atoms with Crippen LogP contribution in [0.3, 0.4) is 0 Å². The number of halogens is 1. The minimum Gasteiger partial charge on any atom is -0.456 e. The minimum absolute atomic E-state index is 0.503. The van der Waals surface area contributed by atoms with Gasteiger partial charge < -0.3 is 9.84 Å². The molecular formula is C13H12BrNO2. The quantitative estimate of drug-likeness (QED) is 0.938. The van der Waals surface area contributed by atoms with Crippen LogP contribution in [0.4, 0.5) is 0 Å². The molecule has 0 aliphatic rings. The number of hydrogen-bond acceptors (Lipinski definition) is 3. The lowest BCUT2D eigenvalue weighted by atomic mass is 10.1. The highest BCUT2D eigenvalue weighted by atomic mass is 79.9. The molecule has 88 valence electrons. The molecular weight excluding hydrogens is 282 g/mol. The van der Waals surface area contributed by atoms with Crippen molar-refractivity contribution in [2.45, 2.75) is 13.0 Å². The van der Waals surface area contributed by atoms with Crippen LogP contribution >= 0.6 is 15.9 Å². The molecule has 2 rings (SSSR count). The monoisotopic (exact) mass is 293 g/mol. The fraction of sp³-hybridized carbons (Fsp3) is 0.154. The van der Waals surface area contributed by atoms with Crippen molar-refractivity contribution in [3.63, 3.8) is 0 Å². The molecule has 0 aliphatic heterocycles. The third kappa shape index (κ3) is 3.05. The SMILES string of the molecule is C[C@@H](O)c1ccc(Oc2cccnc2)cc1Br. The number of aliphatic hydroxyl groups excluding tert-OH is 1. The number of nitrogens with zero attached hydrogens (tertiary/aromatic N) is 1. The molecule has 3 nitrogen and oxygen atoms in total. The van der Waals surface area contributed by atoms with Gasteiger partial charge in [0.05, 0.1) is 12.3 Å². The van der Waals surface area contributed by atoms with Crippen LogP contribution in [-0.4, -0.2) is 10.1 Å². The average Bonchev–Trinajstić information content (AvgIpc) is 2.30. The van der Waals surface area contributed by atoms with Gasteiger partial charge in [-0.2, -0.15) is 0 Å². The number of aliphatic hydroxyl groups is 1. The van der Waals surface area contributed by atoms with Crippen LogP contribution in [0, 0.1) is 0 Å². The standard InChI is InChI=1S/C13H12BrNO2/c1-9(16)12-5-4-10(7-13(12)14)17-11-3-2-6-15-8-11/h2-9,16H,1H3/t9-/m1/s1. The van der Waals surface area contributed by atoms with Crippen LogP contribution in [0.1, 0.15) is 18.6 Å². The van der Waals surface area contributed by atoms with Crippen LogP contribution < -0.4 is 4.74 Å². The van der Waals surface area contributed by atoms with Crippen molar-refractivity contribution < 1.29 is 9.84 Å². The Morgan fingerprint density at radius 2 is 2.12 bits per heavy atom. The molecule has 0 spiro atoms. The summed E-state index contributed by atoms with van der Waals surface area (Å²) in [4.78, 5) is 3.97. The lowest BCUT2D eigenvalue weighted by molar-refractivity contribution is 0.198. The Bertz CT molecular complexity index is 500. The van der Waals surface area contributed by atoms with Crippen molar-refractivity contribution in [2.75, 3.05) is 0 Å². The molecule has 2 aromatic rings. The molecule has 1 heterocycles. The third-order valence-corrected chi connectivity index (χ3v) is 2.98. The van der Waals surface area contributed by atoms with Crippen molar-refractivity contribution in [1.82, 2.24) is 4.98 Å². The topological polar surface area (TPSA) is 42.4 Å². The van der Waals surface area contributed by atoms with E-state index in [9.17, 15) is 5.11 Å². The van der Waals surface area contributed by atoms with Gasteiger partial charge in [-0.25, -0.2) is 0 Å². The zero-order chi connectivity index (χ0) is 12.3. The predicted octanol–water partition coefficient (Wildman–Crippen LogP) is 3.69. The Hall–Kier alpha value is -1.39. The Morgan fingerprint density at radius 3 is 2.71 bits per heavy atom. The van der Waals surface area contributed by atoms with Crippen molar-refractivity contribution >= 4 is 15.9 Å². The van der Waals surface area contributed by atoms with Gasteiger partial charge in [0.2, 0.25) is 0 Å². The van der Waals surface area contributed by atoms with Gasteiger partial charge in [0.25, 0.3) is 0 Å². The molecule has 17 heavy (non-hydrogen) atoms.